The van der Waals surface area contributed by atoms with E-state index in [0.717, 1.165) is 4.74 Å². The number of nitrogens with zero attached hydrogens (tertiary/aromatic N) is 1. The minimum Gasteiger partial charge on any atom is -0.624 e. The van der Waals surface area contributed by atoms with E-state index >= 15 is 0 Å². The van der Waals surface area contributed by atoms with E-state index in [1.807, 2.05) is 13.0 Å². The van der Waals surface area contributed by atoms with Gasteiger partial charge in [0, 0.05) is 5.92 Å². The summed E-state index contributed by atoms with van der Waals surface area (Å²) in [7, 11) is 0. The maximum Gasteiger partial charge on any atom is 0.174 e. The zero-order valence-electron chi connectivity index (χ0n) is 4.87. The molecule has 0 aromatic carbocycles. The molecule has 1 atom stereocenters. The Bertz CT molecular complexity index is 137. The molecule has 0 aliphatic carbocycles. The lowest BCUT2D eigenvalue weighted by Gasteiger charge is -2.09. The SMILES string of the molecule is CC1C=CC=[N+]([O-])C1. The highest BCUT2D eigenvalue weighted by molar-refractivity contribution is 5.66. The summed E-state index contributed by atoms with van der Waals surface area (Å²) in [4.78, 5) is 0. The first-order chi connectivity index (χ1) is 3.79. The van der Waals surface area contributed by atoms with E-state index < -0.39 is 0 Å². The summed E-state index contributed by atoms with van der Waals surface area (Å²) in [5.74, 6) is 0.414. The molecule has 0 N–H and O–H groups in total. The Morgan fingerprint density at radius 1 is 1.75 bits per heavy atom. The van der Waals surface area contributed by atoms with Crippen LogP contribution in [0, 0.1) is 11.1 Å². The third-order valence-electron chi connectivity index (χ3n) is 1.16. The second kappa shape index (κ2) is 1.99. The summed E-state index contributed by atoms with van der Waals surface area (Å²) in [6.45, 7) is 2.63. The molecular formula is C6H9NO. The van der Waals surface area contributed by atoms with Gasteiger partial charge in [-0.2, -0.15) is 0 Å². The molecule has 2 nitrogen and oxygen atoms in total. The van der Waals surface area contributed by atoms with Crippen molar-refractivity contribution in [1.82, 2.24) is 0 Å². The van der Waals surface area contributed by atoms with Crippen molar-refractivity contribution in [2.24, 2.45) is 5.92 Å². The zero-order valence-corrected chi connectivity index (χ0v) is 4.87. The van der Waals surface area contributed by atoms with E-state index in [2.05, 4.69) is 0 Å². The molecule has 1 aliphatic rings. The second-order valence-electron chi connectivity index (χ2n) is 2.11. The van der Waals surface area contributed by atoms with Gasteiger partial charge in [0.2, 0.25) is 0 Å². The molecule has 44 valence electrons. The maximum absolute atomic E-state index is 10.5. The fraction of sp³-hybridized carbons (Fsp3) is 0.500. The lowest BCUT2D eigenvalue weighted by atomic mass is 10.1. The van der Waals surface area contributed by atoms with Gasteiger partial charge in [0.25, 0.3) is 0 Å². The fourth-order valence-electron chi connectivity index (χ4n) is 0.741. The molecule has 0 spiro atoms. The highest BCUT2D eigenvalue weighted by atomic mass is 16.5. The van der Waals surface area contributed by atoms with E-state index in [0.29, 0.717) is 12.5 Å². The van der Waals surface area contributed by atoms with E-state index in [4.69, 9.17) is 0 Å². The molecule has 0 fully saturated rings. The first-order valence-corrected chi connectivity index (χ1v) is 2.74. The molecule has 0 aromatic rings. The van der Waals surface area contributed by atoms with Crippen molar-refractivity contribution in [3.05, 3.63) is 17.4 Å². The van der Waals surface area contributed by atoms with Crippen molar-refractivity contribution in [1.29, 1.82) is 0 Å². The maximum atomic E-state index is 10.5. The average molecular weight is 111 g/mol. The fourth-order valence-corrected chi connectivity index (χ4v) is 0.741. The molecule has 2 heteroatoms. The lowest BCUT2D eigenvalue weighted by Crippen LogP contribution is -2.15. The normalized spacial score (nSPS) is 27.6. The van der Waals surface area contributed by atoms with Crippen LogP contribution < -0.4 is 0 Å². The van der Waals surface area contributed by atoms with Crippen LogP contribution in [0.25, 0.3) is 0 Å². The molecule has 1 rings (SSSR count). The van der Waals surface area contributed by atoms with Gasteiger partial charge in [0.1, 0.15) is 0 Å². The number of hydrogen-bond acceptors (Lipinski definition) is 1. The quantitative estimate of drug-likeness (QED) is 0.335. The van der Waals surface area contributed by atoms with Crippen LogP contribution in [-0.4, -0.2) is 17.5 Å². The summed E-state index contributed by atoms with van der Waals surface area (Å²) in [6, 6.07) is 0. The third-order valence-corrected chi connectivity index (χ3v) is 1.16. The molecule has 0 amide bonds. The average Bonchev–Trinajstić information content (AvgIpc) is 1.64. The van der Waals surface area contributed by atoms with Crippen molar-refractivity contribution in [3.63, 3.8) is 0 Å². The van der Waals surface area contributed by atoms with Gasteiger partial charge in [-0.25, -0.2) is 4.74 Å². The van der Waals surface area contributed by atoms with Crippen LogP contribution in [0.1, 0.15) is 6.92 Å². The van der Waals surface area contributed by atoms with Crippen molar-refractivity contribution >= 4 is 6.21 Å². The van der Waals surface area contributed by atoms with Gasteiger partial charge in [-0.1, -0.05) is 13.0 Å². The topological polar surface area (TPSA) is 26.1 Å². The predicted octanol–water partition coefficient (Wildman–Crippen LogP) is 0.773. The van der Waals surface area contributed by atoms with Crippen LogP contribution in [0.4, 0.5) is 0 Å². The molecule has 0 radical (unpaired) electrons. The van der Waals surface area contributed by atoms with Crippen LogP contribution in [0.3, 0.4) is 0 Å². The Labute approximate surface area is 48.7 Å². The molecular weight excluding hydrogens is 102 g/mol. The summed E-state index contributed by atoms with van der Waals surface area (Å²) in [5.41, 5.74) is 0. The van der Waals surface area contributed by atoms with Gasteiger partial charge in [-0.05, 0) is 6.08 Å². The molecule has 0 saturated heterocycles. The van der Waals surface area contributed by atoms with Gasteiger partial charge >= 0.3 is 0 Å². The lowest BCUT2D eigenvalue weighted by molar-refractivity contribution is -0.459. The second-order valence-corrected chi connectivity index (χ2v) is 2.11. The highest BCUT2D eigenvalue weighted by Gasteiger charge is 2.04. The molecule has 1 unspecified atom stereocenters. The molecule has 0 saturated carbocycles. The molecule has 1 aliphatic heterocycles. The number of hydrogen-bond donors (Lipinski definition) is 0. The summed E-state index contributed by atoms with van der Waals surface area (Å²) in [6.07, 6.45) is 5.36. The summed E-state index contributed by atoms with van der Waals surface area (Å²) < 4.78 is 0.949. The van der Waals surface area contributed by atoms with Gasteiger partial charge in [0.05, 0.1) is 0 Å². The smallest absolute Gasteiger partial charge is 0.174 e. The summed E-state index contributed by atoms with van der Waals surface area (Å²) in [5, 5.41) is 10.5. The molecule has 8 heavy (non-hydrogen) atoms. The summed E-state index contributed by atoms with van der Waals surface area (Å²) >= 11 is 0. The number of allylic oxidation sites excluding steroid dienone is 1. The Kier molecular flexibility index (Phi) is 1.33. The van der Waals surface area contributed by atoms with Crippen LogP contribution >= 0.6 is 0 Å². The minimum atomic E-state index is 0.414. The van der Waals surface area contributed by atoms with Gasteiger partial charge in [-0.3, -0.25) is 0 Å². The van der Waals surface area contributed by atoms with E-state index in [-0.39, 0.29) is 0 Å². The van der Waals surface area contributed by atoms with Crippen LogP contribution in [0.15, 0.2) is 12.2 Å². The van der Waals surface area contributed by atoms with Gasteiger partial charge in [0.15, 0.2) is 12.8 Å². The molecule has 1 heterocycles. The molecule has 0 aromatic heterocycles. The van der Waals surface area contributed by atoms with Crippen LogP contribution in [0.2, 0.25) is 0 Å². The van der Waals surface area contributed by atoms with Crippen molar-refractivity contribution in [3.8, 4) is 0 Å². The van der Waals surface area contributed by atoms with E-state index in [9.17, 15) is 5.21 Å². The highest BCUT2D eigenvalue weighted by Crippen LogP contribution is 1.99. The first-order valence-electron chi connectivity index (χ1n) is 2.74. The van der Waals surface area contributed by atoms with E-state index in [1.54, 1.807) is 12.3 Å². The largest absolute Gasteiger partial charge is 0.624 e. The Hall–Kier alpha value is -0.790. The molecule has 0 bridgehead atoms. The standard InChI is InChI=1S/C6H9NO/c1-6-3-2-4-7(8)5-6/h2-4,6H,5H2,1H3. The van der Waals surface area contributed by atoms with Crippen molar-refractivity contribution in [2.45, 2.75) is 6.92 Å². The van der Waals surface area contributed by atoms with Gasteiger partial charge in [-0.15, -0.1) is 0 Å². The van der Waals surface area contributed by atoms with Crippen LogP contribution in [-0.2, 0) is 0 Å². The Morgan fingerprint density at radius 2 is 2.50 bits per heavy atom. The zero-order chi connectivity index (χ0) is 5.98. The Morgan fingerprint density at radius 3 is 2.88 bits per heavy atom. The van der Waals surface area contributed by atoms with Crippen molar-refractivity contribution in [2.75, 3.05) is 6.54 Å². The first kappa shape index (κ1) is 5.35. The number of hydroxylamine groups is 1. The Balaban J connectivity index is 2.59. The third kappa shape index (κ3) is 1.09. The minimum absolute atomic E-state index is 0.414. The van der Waals surface area contributed by atoms with Gasteiger partial charge < -0.3 is 5.21 Å². The number of rotatable bonds is 0. The van der Waals surface area contributed by atoms with E-state index in [1.165, 1.54) is 0 Å². The van der Waals surface area contributed by atoms with Crippen molar-refractivity contribution < 1.29 is 4.74 Å². The predicted molar refractivity (Wildman–Crippen MR) is 32.9 cm³/mol. The monoisotopic (exact) mass is 111 g/mol. The van der Waals surface area contributed by atoms with Crippen LogP contribution in [0.5, 0.6) is 0 Å².